The fourth-order valence-corrected chi connectivity index (χ4v) is 2.23. The number of hydrogen-bond acceptors (Lipinski definition) is 2. The van der Waals surface area contributed by atoms with E-state index in [0.717, 1.165) is 11.1 Å². The molecule has 4 heteroatoms. The third kappa shape index (κ3) is 4.50. The number of aryl methyl sites for hydroxylation is 1. The minimum absolute atomic E-state index is 0.0138. The highest BCUT2D eigenvalue weighted by atomic mass is 35.5. The van der Waals surface area contributed by atoms with Crippen molar-refractivity contribution in [3.63, 3.8) is 0 Å². The van der Waals surface area contributed by atoms with Crippen LogP contribution in [0.1, 0.15) is 25.0 Å². The van der Waals surface area contributed by atoms with Crippen LogP contribution in [0.2, 0.25) is 5.02 Å². The lowest BCUT2D eigenvalue weighted by Crippen LogP contribution is -2.43. The Morgan fingerprint density at radius 2 is 1.68 bits per heavy atom. The highest BCUT2D eigenvalue weighted by molar-refractivity contribution is 6.30. The van der Waals surface area contributed by atoms with Crippen molar-refractivity contribution in [2.24, 2.45) is 0 Å². The van der Waals surface area contributed by atoms with Crippen molar-refractivity contribution in [2.45, 2.75) is 26.3 Å². The summed E-state index contributed by atoms with van der Waals surface area (Å²) in [5.41, 5.74) is 1.65. The number of ether oxygens (including phenoxy) is 1. The van der Waals surface area contributed by atoms with Crippen LogP contribution in [0.25, 0.3) is 0 Å². The topological polar surface area (TPSA) is 38.3 Å². The fraction of sp³-hybridized carbons (Fsp3) is 0.278. The Bertz CT molecular complexity index is 633. The molecule has 1 amide bonds. The van der Waals surface area contributed by atoms with Gasteiger partial charge >= 0.3 is 0 Å². The molecule has 0 heterocycles. The summed E-state index contributed by atoms with van der Waals surface area (Å²) in [6.07, 6.45) is 0. The Labute approximate surface area is 136 Å². The van der Waals surface area contributed by atoms with Crippen LogP contribution in [-0.4, -0.2) is 12.5 Å². The highest BCUT2D eigenvalue weighted by Crippen LogP contribution is 2.22. The Hall–Kier alpha value is -2.00. The number of amides is 1. The monoisotopic (exact) mass is 317 g/mol. The van der Waals surface area contributed by atoms with E-state index < -0.39 is 5.54 Å². The van der Waals surface area contributed by atoms with Crippen molar-refractivity contribution in [2.75, 3.05) is 6.61 Å². The second-order valence-corrected chi connectivity index (χ2v) is 6.22. The lowest BCUT2D eigenvalue weighted by Gasteiger charge is -2.27. The molecule has 2 aromatic rings. The first kappa shape index (κ1) is 16.4. The van der Waals surface area contributed by atoms with E-state index in [2.05, 4.69) is 5.32 Å². The number of carbonyl (C=O) groups is 1. The zero-order valence-corrected chi connectivity index (χ0v) is 13.8. The maximum Gasteiger partial charge on any atom is 0.258 e. The Morgan fingerprint density at radius 3 is 2.27 bits per heavy atom. The molecule has 0 aliphatic carbocycles. The third-order valence-electron chi connectivity index (χ3n) is 3.41. The SMILES string of the molecule is Cc1ccc(OCC(=O)NC(C)(C)c2ccc(Cl)cc2)cc1. The first-order valence-corrected chi connectivity index (χ1v) is 7.51. The number of carbonyl (C=O) groups excluding carboxylic acids is 1. The van der Waals surface area contributed by atoms with Gasteiger partial charge in [0, 0.05) is 5.02 Å². The number of hydrogen-bond donors (Lipinski definition) is 1. The van der Waals surface area contributed by atoms with Crippen LogP contribution in [0.5, 0.6) is 5.75 Å². The zero-order valence-electron chi connectivity index (χ0n) is 13.0. The summed E-state index contributed by atoms with van der Waals surface area (Å²) in [7, 11) is 0. The fourth-order valence-electron chi connectivity index (χ4n) is 2.11. The Balaban J connectivity index is 1.92. The molecule has 116 valence electrons. The molecular formula is C18H20ClNO2. The number of halogens is 1. The lowest BCUT2D eigenvalue weighted by molar-refractivity contribution is -0.124. The van der Waals surface area contributed by atoms with Crippen molar-refractivity contribution in [1.29, 1.82) is 0 Å². The molecule has 2 aromatic carbocycles. The van der Waals surface area contributed by atoms with E-state index in [4.69, 9.17) is 16.3 Å². The molecule has 0 saturated heterocycles. The quantitative estimate of drug-likeness (QED) is 0.902. The van der Waals surface area contributed by atoms with Gasteiger partial charge in [0.05, 0.1) is 5.54 Å². The Kier molecular flexibility index (Phi) is 5.09. The largest absolute Gasteiger partial charge is 0.484 e. The molecule has 0 spiro atoms. The predicted molar refractivity (Wildman–Crippen MR) is 89.3 cm³/mol. The summed E-state index contributed by atoms with van der Waals surface area (Å²) in [5, 5.41) is 3.64. The average Bonchev–Trinajstić information content (AvgIpc) is 2.46. The van der Waals surface area contributed by atoms with Gasteiger partial charge in [-0.3, -0.25) is 4.79 Å². The normalized spacial score (nSPS) is 11.1. The van der Waals surface area contributed by atoms with Crippen LogP contribution < -0.4 is 10.1 Å². The van der Waals surface area contributed by atoms with Crippen LogP contribution in [-0.2, 0) is 10.3 Å². The minimum Gasteiger partial charge on any atom is -0.484 e. The van der Waals surface area contributed by atoms with Gasteiger partial charge in [-0.2, -0.15) is 0 Å². The van der Waals surface area contributed by atoms with Gasteiger partial charge in [-0.25, -0.2) is 0 Å². The van der Waals surface area contributed by atoms with Gasteiger partial charge in [-0.1, -0.05) is 41.4 Å². The molecule has 0 fully saturated rings. The molecule has 0 atom stereocenters. The van der Waals surface area contributed by atoms with E-state index in [0.29, 0.717) is 10.8 Å². The first-order valence-electron chi connectivity index (χ1n) is 7.13. The first-order chi connectivity index (χ1) is 10.4. The van der Waals surface area contributed by atoms with E-state index in [1.165, 1.54) is 0 Å². The summed E-state index contributed by atoms with van der Waals surface area (Å²) in [6.45, 7) is 5.88. The predicted octanol–water partition coefficient (Wildman–Crippen LogP) is 4.08. The van der Waals surface area contributed by atoms with Crippen LogP contribution >= 0.6 is 11.6 Å². The van der Waals surface area contributed by atoms with E-state index in [1.807, 2.05) is 69.3 Å². The molecule has 0 unspecified atom stereocenters. The highest BCUT2D eigenvalue weighted by Gasteiger charge is 2.22. The maximum atomic E-state index is 12.1. The van der Waals surface area contributed by atoms with Crippen molar-refractivity contribution in [3.8, 4) is 5.75 Å². The van der Waals surface area contributed by atoms with E-state index in [9.17, 15) is 4.79 Å². The van der Waals surface area contributed by atoms with E-state index in [-0.39, 0.29) is 12.5 Å². The van der Waals surface area contributed by atoms with Gasteiger partial charge in [-0.05, 0) is 50.6 Å². The van der Waals surface area contributed by atoms with Gasteiger partial charge in [0.2, 0.25) is 0 Å². The molecule has 3 nitrogen and oxygen atoms in total. The van der Waals surface area contributed by atoms with Gasteiger partial charge in [0.15, 0.2) is 6.61 Å². The van der Waals surface area contributed by atoms with E-state index in [1.54, 1.807) is 0 Å². The molecular weight excluding hydrogens is 298 g/mol. The van der Waals surface area contributed by atoms with E-state index >= 15 is 0 Å². The van der Waals surface area contributed by atoms with Crippen molar-refractivity contribution in [3.05, 3.63) is 64.7 Å². The second kappa shape index (κ2) is 6.84. The van der Waals surface area contributed by atoms with Crippen LogP contribution in [0.4, 0.5) is 0 Å². The molecule has 0 aliphatic rings. The number of rotatable bonds is 5. The number of nitrogens with one attached hydrogen (secondary N) is 1. The van der Waals surface area contributed by atoms with Crippen molar-refractivity contribution in [1.82, 2.24) is 5.32 Å². The average molecular weight is 318 g/mol. The van der Waals surface area contributed by atoms with Crippen LogP contribution in [0, 0.1) is 6.92 Å². The molecule has 0 aromatic heterocycles. The van der Waals surface area contributed by atoms with Crippen LogP contribution in [0.15, 0.2) is 48.5 Å². The second-order valence-electron chi connectivity index (χ2n) is 5.78. The van der Waals surface area contributed by atoms with Crippen molar-refractivity contribution < 1.29 is 9.53 Å². The summed E-state index contributed by atoms with van der Waals surface area (Å²) in [4.78, 5) is 12.1. The molecule has 0 aliphatic heterocycles. The van der Waals surface area contributed by atoms with Gasteiger partial charge in [-0.15, -0.1) is 0 Å². The molecule has 2 rings (SSSR count). The summed E-state index contributed by atoms with van der Waals surface area (Å²) < 4.78 is 5.49. The third-order valence-corrected chi connectivity index (χ3v) is 3.66. The Morgan fingerprint density at radius 1 is 1.09 bits per heavy atom. The van der Waals surface area contributed by atoms with Gasteiger partial charge in [0.25, 0.3) is 5.91 Å². The summed E-state index contributed by atoms with van der Waals surface area (Å²) in [5.74, 6) is 0.519. The minimum atomic E-state index is -0.488. The molecule has 1 N–H and O–H groups in total. The van der Waals surface area contributed by atoms with Crippen LogP contribution in [0.3, 0.4) is 0 Å². The molecule has 0 bridgehead atoms. The lowest BCUT2D eigenvalue weighted by atomic mass is 9.94. The maximum absolute atomic E-state index is 12.1. The molecule has 22 heavy (non-hydrogen) atoms. The summed E-state index contributed by atoms with van der Waals surface area (Å²) in [6, 6.07) is 15.0. The van der Waals surface area contributed by atoms with Gasteiger partial charge in [0.1, 0.15) is 5.75 Å². The number of benzene rings is 2. The van der Waals surface area contributed by atoms with Gasteiger partial charge < -0.3 is 10.1 Å². The summed E-state index contributed by atoms with van der Waals surface area (Å²) >= 11 is 5.89. The zero-order chi connectivity index (χ0) is 16.2. The smallest absolute Gasteiger partial charge is 0.258 e. The molecule has 0 saturated carbocycles. The van der Waals surface area contributed by atoms with Crippen molar-refractivity contribution >= 4 is 17.5 Å². The molecule has 0 radical (unpaired) electrons. The standard InChI is InChI=1S/C18H20ClNO2/c1-13-4-10-16(11-5-13)22-12-17(21)20-18(2,3)14-6-8-15(19)9-7-14/h4-11H,12H2,1-3H3,(H,20,21).